The summed E-state index contributed by atoms with van der Waals surface area (Å²) < 4.78 is 0. The molecule has 0 saturated carbocycles. The first-order chi connectivity index (χ1) is 11.8. The van der Waals surface area contributed by atoms with Gasteiger partial charge in [-0.3, -0.25) is 4.79 Å². The molecule has 0 atom stereocenters. The molecule has 0 saturated heterocycles. The van der Waals surface area contributed by atoms with Crippen LogP contribution in [0.25, 0.3) is 0 Å². The van der Waals surface area contributed by atoms with Gasteiger partial charge in [0, 0.05) is 32.6 Å². The topological polar surface area (TPSA) is 56.7 Å². The van der Waals surface area contributed by atoms with E-state index in [0.29, 0.717) is 19.0 Å². The summed E-state index contributed by atoms with van der Waals surface area (Å²) in [7, 11) is 3.45. The van der Waals surface area contributed by atoms with Crippen molar-refractivity contribution in [1.82, 2.24) is 15.5 Å². The third kappa shape index (κ3) is 8.21. The molecule has 5 nitrogen and oxygen atoms in total. The van der Waals surface area contributed by atoms with Crippen LogP contribution in [0, 0.1) is 0 Å². The van der Waals surface area contributed by atoms with Crippen molar-refractivity contribution in [2.24, 2.45) is 4.99 Å². The van der Waals surface area contributed by atoms with E-state index in [2.05, 4.69) is 67.2 Å². The van der Waals surface area contributed by atoms with Gasteiger partial charge in [0.15, 0.2) is 5.96 Å². The molecule has 6 heteroatoms. The Morgan fingerprint density at radius 3 is 2.35 bits per heavy atom. The Kier molecular flexibility index (Phi) is 11.2. The zero-order valence-corrected chi connectivity index (χ0v) is 19.0. The zero-order chi connectivity index (χ0) is 18.9. The monoisotopic (exact) mass is 472 g/mol. The molecule has 0 aliphatic heterocycles. The average molecular weight is 472 g/mol. The molecule has 0 aliphatic carbocycles. The molecular weight excluding hydrogens is 439 g/mol. The van der Waals surface area contributed by atoms with Crippen molar-refractivity contribution < 1.29 is 4.79 Å². The molecule has 0 unspecified atom stereocenters. The summed E-state index contributed by atoms with van der Waals surface area (Å²) in [5, 5.41) is 6.49. The number of guanidine groups is 1. The van der Waals surface area contributed by atoms with Crippen molar-refractivity contribution in [2.45, 2.75) is 32.6 Å². The van der Waals surface area contributed by atoms with Gasteiger partial charge >= 0.3 is 0 Å². The molecule has 2 N–H and O–H groups in total. The van der Waals surface area contributed by atoms with E-state index < -0.39 is 0 Å². The van der Waals surface area contributed by atoms with Crippen LogP contribution in [0.15, 0.2) is 41.9 Å². The van der Waals surface area contributed by atoms with Crippen LogP contribution in [0.3, 0.4) is 0 Å². The number of hydrogen-bond acceptors (Lipinski definition) is 2. The summed E-state index contributed by atoms with van der Waals surface area (Å²) in [5.41, 5.74) is 2.54. The fourth-order valence-corrected chi connectivity index (χ4v) is 2.23. The lowest BCUT2D eigenvalue weighted by Gasteiger charge is -2.27. The van der Waals surface area contributed by atoms with Gasteiger partial charge in [0.25, 0.3) is 0 Å². The van der Waals surface area contributed by atoms with Crippen molar-refractivity contribution in [1.29, 1.82) is 0 Å². The molecule has 0 bridgehead atoms. The van der Waals surface area contributed by atoms with Gasteiger partial charge in [-0.05, 0) is 17.5 Å². The van der Waals surface area contributed by atoms with Crippen LogP contribution in [0.2, 0.25) is 0 Å². The predicted octanol–water partition coefficient (Wildman–Crippen LogP) is 2.95. The van der Waals surface area contributed by atoms with Gasteiger partial charge in [0.2, 0.25) is 5.91 Å². The lowest BCUT2D eigenvalue weighted by atomic mass is 9.84. The molecule has 0 aliphatic rings. The largest absolute Gasteiger partial charge is 0.356 e. The van der Waals surface area contributed by atoms with Crippen molar-refractivity contribution in [3.05, 3.63) is 48.0 Å². The lowest BCUT2D eigenvalue weighted by Crippen LogP contribution is -2.44. The van der Waals surface area contributed by atoms with Crippen molar-refractivity contribution in [3.8, 4) is 0 Å². The second kappa shape index (κ2) is 11.9. The minimum atomic E-state index is -0.0611. The summed E-state index contributed by atoms with van der Waals surface area (Å²) in [6, 6.07) is 8.73. The smallest absolute Gasteiger partial charge is 0.243 e. The number of rotatable bonds is 8. The van der Waals surface area contributed by atoms with Crippen LogP contribution in [0.5, 0.6) is 0 Å². The fraction of sp³-hybridized carbons (Fsp3) is 0.500. The third-order valence-electron chi connectivity index (χ3n) is 4.13. The number of amides is 1. The van der Waals surface area contributed by atoms with Crippen LogP contribution >= 0.6 is 24.0 Å². The van der Waals surface area contributed by atoms with Gasteiger partial charge in [0.1, 0.15) is 6.54 Å². The van der Waals surface area contributed by atoms with Crippen LogP contribution in [0.1, 0.15) is 31.9 Å². The lowest BCUT2D eigenvalue weighted by molar-refractivity contribution is -0.127. The van der Waals surface area contributed by atoms with Gasteiger partial charge in [0.05, 0.1) is 0 Å². The first-order valence-electron chi connectivity index (χ1n) is 8.72. The summed E-state index contributed by atoms with van der Waals surface area (Å²) in [6.07, 6.45) is 2.81. The molecule has 1 rings (SSSR count). The van der Waals surface area contributed by atoms with Crippen LogP contribution < -0.4 is 10.6 Å². The van der Waals surface area contributed by atoms with Gasteiger partial charge in [-0.25, -0.2) is 4.99 Å². The first kappa shape index (κ1) is 24.4. The molecular formula is C20H33IN4O. The van der Waals surface area contributed by atoms with Crippen LogP contribution in [0.4, 0.5) is 0 Å². The van der Waals surface area contributed by atoms with E-state index in [9.17, 15) is 4.79 Å². The molecule has 1 aromatic carbocycles. The maximum Gasteiger partial charge on any atom is 0.243 e. The molecule has 0 radical (unpaired) electrons. The number of halogens is 1. The Hall–Kier alpha value is -1.57. The fourth-order valence-electron chi connectivity index (χ4n) is 2.23. The Bertz CT molecular complexity index is 594. The van der Waals surface area contributed by atoms with Crippen LogP contribution in [-0.4, -0.2) is 50.5 Å². The number of nitrogens with zero attached hydrogens (tertiary/aromatic N) is 2. The minimum Gasteiger partial charge on any atom is -0.356 e. The number of likely N-dealkylation sites (N-methyl/N-ethyl adjacent to an activating group) is 1. The number of hydrogen-bond donors (Lipinski definition) is 2. The first-order valence-corrected chi connectivity index (χ1v) is 8.72. The zero-order valence-electron chi connectivity index (χ0n) is 16.6. The summed E-state index contributed by atoms with van der Waals surface area (Å²) >= 11 is 0. The highest BCUT2D eigenvalue weighted by atomic mass is 127. The quantitative estimate of drug-likeness (QED) is 0.265. The maximum absolute atomic E-state index is 11.7. The molecule has 0 spiro atoms. The number of benzene rings is 1. The Labute approximate surface area is 175 Å². The van der Waals surface area contributed by atoms with E-state index in [1.165, 1.54) is 16.0 Å². The molecule has 0 heterocycles. The molecule has 1 amide bonds. The molecule has 26 heavy (non-hydrogen) atoms. The number of aliphatic imine (C=N–C) groups is 1. The Balaban J connectivity index is 0.00000625. The predicted molar refractivity (Wildman–Crippen MR) is 121 cm³/mol. The van der Waals surface area contributed by atoms with E-state index in [4.69, 9.17) is 0 Å². The normalized spacial score (nSPS) is 11.3. The van der Waals surface area contributed by atoms with E-state index in [-0.39, 0.29) is 41.8 Å². The van der Waals surface area contributed by atoms with E-state index in [1.54, 1.807) is 20.2 Å². The van der Waals surface area contributed by atoms with Crippen molar-refractivity contribution in [2.75, 3.05) is 33.7 Å². The number of carbonyl (C=O) groups is 1. The average Bonchev–Trinajstić information content (AvgIpc) is 2.60. The molecule has 0 fully saturated rings. The number of aryl methyl sites for hydroxylation is 1. The van der Waals surface area contributed by atoms with Crippen molar-refractivity contribution >= 4 is 35.8 Å². The summed E-state index contributed by atoms with van der Waals surface area (Å²) in [4.78, 5) is 17.6. The second-order valence-corrected chi connectivity index (χ2v) is 6.91. The van der Waals surface area contributed by atoms with Gasteiger partial charge in [-0.1, -0.05) is 51.1 Å². The highest BCUT2D eigenvalue weighted by molar-refractivity contribution is 14.0. The second-order valence-electron chi connectivity index (χ2n) is 6.91. The Morgan fingerprint density at radius 1 is 1.23 bits per heavy atom. The molecule has 146 valence electrons. The number of nitrogens with one attached hydrogen (secondary N) is 2. The highest BCUT2D eigenvalue weighted by Crippen LogP contribution is 2.22. The standard InChI is InChI=1S/C20H32N4O.HI/c1-7-13-21-19(22-14-18(25)24(5)6)23-15-20(3,4)17-11-9-16(8-2)10-12-17;/h7,9-12H,1,8,13-15H2,2-6H3,(H2,21,22,23);1H. The highest BCUT2D eigenvalue weighted by Gasteiger charge is 2.21. The number of carbonyl (C=O) groups excluding carboxylic acids is 1. The van der Waals surface area contributed by atoms with E-state index >= 15 is 0 Å². The van der Waals surface area contributed by atoms with Gasteiger partial charge < -0.3 is 15.5 Å². The van der Waals surface area contributed by atoms with Gasteiger partial charge in [-0.15, -0.1) is 30.6 Å². The maximum atomic E-state index is 11.7. The van der Waals surface area contributed by atoms with E-state index in [0.717, 1.165) is 6.42 Å². The molecule has 1 aromatic rings. The Morgan fingerprint density at radius 2 is 1.85 bits per heavy atom. The minimum absolute atomic E-state index is 0. The van der Waals surface area contributed by atoms with Gasteiger partial charge in [-0.2, -0.15) is 0 Å². The van der Waals surface area contributed by atoms with Crippen molar-refractivity contribution in [3.63, 3.8) is 0 Å². The summed E-state index contributed by atoms with van der Waals surface area (Å²) in [5.74, 6) is 0.586. The third-order valence-corrected chi connectivity index (χ3v) is 4.13. The molecule has 0 aromatic heterocycles. The SMILES string of the molecule is C=CCNC(=NCC(=O)N(C)C)NCC(C)(C)c1ccc(CC)cc1.I. The van der Waals surface area contributed by atoms with Crippen LogP contribution in [-0.2, 0) is 16.6 Å². The summed E-state index contributed by atoms with van der Waals surface area (Å²) in [6.45, 7) is 11.7. The van der Waals surface area contributed by atoms with E-state index in [1.807, 2.05) is 0 Å².